The van der Waals surface area contributed by atoms with Crippen LogP contribution in [0, 0.1) is 5.92 Å². The first-order chi connectivity index (χ1) is 21.8. The van der Waals surface area contributed by atoms with Crippen LogP contribution in [0.3, 0.4) is 0 Å². The maximum atomic E-state index is 12.4. The minimum Gasteiger partial charge on any atom is -0.494 e. The third-order valence-corrected chi connectivity index (χ3v) is 10.7. The Morgan fingerprint density at radius 3 is 2.44 bits per heavy atom. The Hall–Kier alpha value is -3.44. The van der Waals surface area contributed by atoms with E-state index in [4.69, 9.17) is 15.2 Å². The summed E-state index contributed by atoms with van der Waals surface area (Å²) in [6.07, 6.45) is 3.01. The molecule has 9 nitrogen and oxygen atoms in total. The van der Waals surface area contributed by atoms with Gasteiger partial charge in [-0.15, -0.1) is 0 Å². The Kier molecular flexibility index (Phi) is 11.1. The van der Waals surface area contributed by atoms with Gasteiger partial charge in [0.15, 0.2) is 9.84 Å². The molecule has 2 saturated heterocycles. The highest BCUT2D eigenvalue weighted by molar-refractivity contribution is 7.91. The number of sulfone groups is 1. The van der Waals surface area contributed by atoms with Crippen LogP contribution in [-0.4, -0.2) is 89.2 Å². The lowest BCUT2D eigenvalue weighted by molar-refractivity contribution is 0.0358. The highest BCUT2D eigenvalue weighted by atomic mass is 32.2. The summed E-state index contributed by atoms with van der Waals surface area (Å²) in [7, 11) is -3.34. The molecule has 0 aliphatic carbocycles. The first-order valence-corrected chi connectivity index (χ1v) is 17.6. The molecule has 3 N–H and O–H groups in total. The van der Waals surface area contributed by atoms with Crippen molar-refractivity contribution in [2.24, 2.45) is 11.7 Å². The number of ether oxygens (including phenoxy) is 2. The fourth-order valence-electron chi connectivity index (χ4n) is 6.31. The Morgan fingerprint density at radius 2 is 1.78 bits per heavy atom. The Labute approximate surface area is 266 Å². The Bertz CT molecular complexity index is 1520. The molecule has 0 spiro atoms. The Morgan fingerprint density at radius 1 is 1.04 bits per heavy atom. The van der Waals surface area contributed by atoms with Crippen LogP contribution in [0.25, 0.3) is 0 Å². The summed E-state index contributed by atoms with van der Waals surface area (Å²) in [5.74, 6) is 0.298. The summed E-state index contributed by atoms with van der Waals surface area (Å²) in [5.41, 5.74) is 9.70. The number of nitrogens with two attached hydrogens (primary N) is 1. The van der Waals surface area contributed by atoms with Crippen LogP contribution in [0.2, 0.25) is 0 Å². The van der Waals surface area contributed by atoms with Crippen molar-refractivity contribution in [3.8, 4) is 5.75 Å². The molecule has 1 amide bonds. The number of aliphatic hydroxyl groups is 1. The first kappa shape index (κ1) is 32.9. The van der Waals surface area contributed by atoms with Crippen LogP contribution < -0.4 is 15.4 Å². The number of carbonyl (C=O) groups excluding carboxylic acids is 1. The smallest absolute Gasteiger partial charge is 0.249 e. The molecule has 3 aromatic carbocycles. The summed E-state index contributed by atoms with van der Waals surface area (Å²) >= 11 is 0. The van der Waals surface area contributed by atoms with Crippen LogP contribution in [0.4, 0.5) is 5.69 Å². The van der Waals surface area contributed by atoms with E-state index >= 15 is 0 Å². The van der Waals surface area contributed by atoms with Crippen molar-refractivity contribution in [2.75, 3.05) is 69.8 Å². The third-order valence-electron chi connectivity index (χ3n) is 8.97. The second kappa shape index (κ2) is 15.2. The number of primary amides is 1. The molecular formula is C35H45N3O6S. The molecule has 0 radical (unpaired) electrons. The summed E-state index contributed by atoms with van der Waals surface area (Å²) in [6.45, 7) is 8.49. The Balaban J connectivity index is 1.20. The molecule has 0 unspecified atom stereocenters. The zero-order valence-electron chi connectivity index (χ0n) is 26.1. The number of amides is 1. The fraction of sp³-hybridized carbons (Fsp3) is 0.457. The number of anilines is 1. The number of rotatable bonds is 14. The second-order valence-corrected chi connectivity index (χ2v) is 14.2. The predicted molar refractivity (Wildman–Crippen MR) is 176 cm³/mol. The molecule has 0 bridgehead atoms. The average molecular weight is 636 g/mol. The quantitative estimate of drug-likeness (QED) is 0.256. The molecular weight excluding hydrogens is 590 g/mol. The second-order valence-electron chi connectivity index (χ2n) is 11.9. The topological polar surface area (TPSA) is 122 Å². The van der Waals surface area contributed by atoms with Gasteiger partial charge >= 0.3 is 0 Å². The fourth-order valence-corrected chi connectivity index (χ4v) is 7.19. The normalized spacial score (nSPS) is 18.2. The van der Waals surface area contributed by atoms with Gasteiger partial charge in [-0.05, 0) is 84.3 Å². The van der Waals surface area contributed by atoms with Crippen molar-refractivity contribution in [3.05, 3.63) is 89.0 Å². The molecule has 2 fully saturated rings. The number of benzene rings is 3. The van der Waals surface area contributed by atoms with E-state index in [2.05, 4.69) is 34.1 Å². The maximum Gasteiger partial charge on any atom is 0.249 e. The molecule has 2 aliphatic heterocycles. The van der Waals surface area contributed by atoms with Gasteiger partial charge in [-0.2, -0.15) is 0 Å². The highest BCUT2D eigenvalue weighted by Gasteiger charge is 2.26. The van der Waals surface area contributed by atoms with E-state index in [1.165, 1.54) is 5.56 Å². The monoisotopic (exact) mass is 635 g/mol. The van der Waals surface area contributed by atoms with E-state index < -0.39 is 21.7 Å². The molecule has 2 atom stereocenters. The van der Waals surface area contributed by atoms with Crippen molar-refractivity contribution < 1.29 is 27.8 Å². The minimum absolute atomic E-state index is 0.0102. The van der Waals surface area contributed by atoms with Gasteiger partial charge in [0, 0.05) is 49.9 Å². The van der Waals surface area contributed by atoms with Gasteiger partial charge in [0.05, 0.1) is 37.1 Å². The van der Waals surface area contributed by atoms with Gasteiger partial charge in [-0.25, -0.2) is 8.42 Å². The lowest BCUT2D eigenvalue weighted by Crippen LogP contribution is -2.37. The van der Waals surface area contributed by atoms with E-state index in [1.54, 1.807) is 37.3 Å². The zero-order valence-corrected chi connectivity index (χ0v) is 26.9. The van der Waals surface area contributed by atoms with Crippen LogP contribution in [0.5, 0.6) is 5.75 Å². The molecule has 2 heterocycles. The lowest BCUT2D eigenvalue weighted by Gasteiger charge is -2.26. The van der Waals surface area contributed by atoms with Crippen molar-refractivity contribution in [2.45, 2.75) is 37.0 Å². The van der Waals surface area contributed by atoms with Crippen molar-refractivity contribution in [1.82, 2.24) is 4.90 Å². The summed E-state index contributed by atoms with van der Waals surface area (Å²) < 4.78 is 35.9. The van der Waals surface area contributed by atoms with Crippen LogP contribution in [0.1, 0.15) is 52.7 Å². The largest absolute Gasteiger partial charge is 0.494 e. The van der Waals surface area contributed by atoms with Gasteiger partial charge in [0.1, 0.15) is 5.75 Å². The van der Waals surface area contributed by atoms with E-state index in [0.717, 1.165) is 82.2 Å². The lowest BCUT2D eigenvalue weighted by atomic mass is 9.88. The van der Waals surface area contributed by atoms with Gasteiger partial charge in [0.2, 0.25) is 5.91 Å². The minimum atomic E-state index is -3.34. The summed E-state index contributed by atoms with van der Waals surface area (Å²) in [6, 6.07) is 20.6. The van der Waals surface area contributed by atoms with Gasteiger partial charge < -0.3 is 25.2 Å². The number of hydrogen-bond donors (Lipinski definition) is 2. The average Bonchev–Trinajstić information content (AvgIpc) is 3.53. The third kappa shape index (κ3) is 8.43. The number of hydrogen-bond acceptors (Lipinski definition) is 8. The van der Waals surface area contributed by atoms with Crippen LogP contribution >= 0.6 is 0 Å². The van der Waals surface area contributed by atoms with Gasteiger partial charge in [-0.1, -0.05) is 31.2 Å². The summed E-state index contributed by atoms with van der Waals surface area (Å²) in [5, 5.41) is 10.4. The highest BCUT2D eigenvalue weighted by Crippen LogP contribution is 2.34. The SMILES string of the molecule is CCS(=O)(=O)c1ccc([C@@H](CO)c2cc(N3CC[C@H](Cc4ccc(OCCCN5CCOCC5)cc4)C3)ccc2C(N)=O)cc1. The molecule has 10 heteroatoms. The molecule has 45 heavy (non-hydrogen) atoms. The van der Waals surface area contributed by atoms with Crippen LogP contribution in [-0.2, 0) is 21.0 Å². The number of nitrogens with zero attached hydrogens (tertiary/aromatic N) is 2. The molecule has 0 saturated carbocycles. The van der Waals surface area contributed by atoms with Gasteiger partial charge in [0.25, 0.3) is 0 Å². The molecule has 3 aromatic rings. The number of aliphatic hydroxyl groups excluding tert-OH is 1. The van der Waals surface area contributed by atoms with Crippen molar-refractivity contribution in [1.29, 1.82) is 0 Å². The maximum absolute atomic E-state index is 12.4. The predicted octanol–water partition coefficient (Wildman–Crippen LogP) is 3.87. The molecule has 2 aliphatic rings. The van der Waals surface area contributed by atoms with Gasteiger partial charge in [-0.3, -0.25) is 9.69 Å². The van der Waals surface area contributed by atoms with Crippen molar-refractivity contribution >= 4 is 21.4 Å². The first-order valence-electron chi connectivity index (χ1n) is 15.9. The van der Waals surface area contributed by atoms with E-state index in [1.807, 2.05) is 12.1 Å². The van der Waals surface area contributed by atoms with Crippen LogP contribution in [0.15, 0.2) is 71.6 Å². The van der Waals surface area contributed by atoms with Crippen molar-refractivity contribution in [3.63, 3.8) is 0 Å². The zero-order chi connectivity index (χ0) is 31.8. The van der Waals surface area contributed by atoms with E-state index in [0.29, 0.717) is 23.7 Å². The number of morpholine rings is 1. The molecule has 0 aromatic heterocycles. The molecule has 242 valence electrons. The number of carbonyl (C=O) groups is 1. The van der Waals surface area contributed by atoms with E-state index in [-0.39, 0.29) is 17.3 Å². The standard InChI is InChI=1S/C35H45N3O6S/c1-2-45(41,42)31-11-6-28(7-12-31)34(25-39)33-23-29(8-13-32(33)35(36)40)38-16-14-27(24-38)22-26-4-9-30(10-5-26)44-19-3-15-37-17-20-43-21-18-37/h4-13,23,27,34,39H,2-3,14-22,24-25H2,1H3,(H2,36,40)/t27-,34-/m1/s1. The molecule has 5 rings (SSSR count). The van der Waals surface area contributed by atoms with E-state index in [9.17, 15) is 18.3 Å². The summed E-state index contributed by atoms with van der Waals surface area (Å²) in [4.78, 5) is 17.4.